The molecule has 0 bridgehead atoms. The molecule has 7 heteroatoms. The van der Waals surface area contributed by atoms with Gasteiger partial charge in [0.15, 0.2) is 5.13 Å². The number of aromatic nitrogens is 1. The van der Waals surface area contributed by atoms with E-state index >= 15 is 0 Å². The first-order chi connectivity index (χ1) is 17.1. The highest BCUT2D eigenvalue weighted by atomic mass is 32.1. The highest BCUT2D eigenvalue weighted by Crippen LogP contribution is 2.33. The molecule has 0 spiro atoms. The van der Waals surface area contributed by atoms with Crippen LogP contribution in [0.25, 0.3) is 9.75 Å². The van der Waals surface area contributed by atoms with Crippen LogP contribution in [0.15, 0.2) is 78.3 Å². The van der Waals surface area contributed by atoms with Crippen LogP contribution in [0.4, 0.5) is 5.13 Å². The summed E-state index contributed by atoms with van der Waals surface area (Å²) in [6.07, 6.45) is 1.82. The van der Waals surface area contributed by atoms with Crippen molar-refractivity contribution >= 4 is 33.7 Å². The van der Waals surface area contributed by atoms with Gasteiger partial charge in [-0.25, -0.2) is 4.98 Å². The van der Waals surface area contributed by atoms with Crippen LogP contribution < -0.4 is 5.32 Å². The Kier molecular flexibility index (Phi) is 7.39. The molecule has 1 amide bonds. The number of nitrogens with zero attached hydrogens (tertiary/aromatic N) is 3. The first-order valence-corrected chi connectivity index (χ1v) is 13.7. The third-order valence-corrected chi connectivity index (χ3v) is 8.52. The van der Waals surface area contributed by atoms with E-state index in [1.165, 1.54) is 22.5 Å². The smallest absolute Gasteiger partial charge is 0.257 e. The molecule has 0 aliphatic carbocycles. The minimum Gasteiger partial charge on any atom is -0.298 e. The number of amides is 1. The van der Waals surface area contributed by atoms with Gasteiger partial charge in [0.25, 0.3) is 5.91 Å². The zero-order valence-corrected chi connectivity index (χ0v) is 21.7. The lowest BCUT2D eigenvalue weighted by Crippen LogP contribution is -2.49. The summed E-state index contributed by atoms with van der Waals surface area (Å²) in [6, 6.07) is 23.6. The Morgan fingerprint density at radius 2 is 1.54 bits per heavy atom. The molecule has 180 valence electrons. The van der Waals surface area contributed by atoms with Crippen LogP contribution in [0.2, 0.25) is 0 Å². The second kappa shape index (κ2) is 10.8. The van der Waals surface area contributed by atoms with Gasteiger partial charge in [0, 0.05) is 48.9 Å². The summed E-state index contributed by atoms with van der Waals surface area (Å²) in [6.45, 7) is 8.73. The Morgan fingerprint density at radius 1 is 0.857 bits per heavy atom. The first kappa shape index (κ1) is 23.9. The van der Waals surface area contributed by atoms with Gasteiger partial charge in [-0.1, -0.05) is 59.9 Å². The number of carbonyl (C=O) groups is 1. The molecule has 1 unspecified atom stereocenters. The van der Waals surface area contributed by atoms with E-state index in [0.717, 1.165) is 35.9 Å². The third kappa shape index (κ3) is 5.54. The van der Waals surface area contributed by atoms with Crippen LogP contribution in [0.5, 0.6) is 0 Å². The fourth-order valence-electron chi connectivity index (χ4n) is 4.61. The van der Waals surface area contributed by atoms with Gasteiger partial charge < -0.3 is 0 Å². The summed E-state index contributed by atoms with van der Waals surface area (Å²) >= 11 is 3.17. The van der Waals surface area contributed by atoms with E-state index in [-0.39, 0.29) is 11.9 Å². The Labute approximate surface area is 215 Å². The van der Waals surface area contributed by atoms with Gasteiger partial charge in [0.1, 0.15) is 0 Å². The van der Waals surface area contributed by atoms with Crippen molar-refractivity contribution in [2.75, 3.05) is 31.5 Å². The number of piperazine rings is 1. The number of rotatable bonds is 7. The maximum atomic E-state index is 12.9. The highest BCUT2D eigenvalue weighted by molar-refractivity contribution is 7.23. The lowest BCUT2D eigenvalue weighted by atomic mass is 9.95. The van der Waals surface area contributed by atoms with Crippen LogP contribution in [0, 0.1) is 0 Å². The second-order valence-corrected chi connectivity index (χ2v) is 11.0. The zero-order valence-electron chi connectivity index (χ0n) is 20.1. The van der Waals surface area contributed by atoms with E-state index in [1.54, 1.807) is 11.3 Å². The monoisotopic (exact) mass is 502 g/mol. The number of anilines is 1. The van der Waals surface area contributed by atoms with Crippen LogP contribution in [-0.2, 0) is 0 Å². The number of benzene rings is 2. The maximum absolute atomic E-state index is 12.9. The van der Waals surface area contributed by atoms with Gasteiger partial charge in [0.05, 0.1) is 10.9 Å². The molecule has 5 nitrogen and oxygen atoms in total. The van der Waals surface area contributed by atoms with E-state index in [9.17, 15) is 4.79 Å². The zero-order chi connectivity index (χ0) is 24.2. The fraction of sp³-hybridized carbons (Fsp3) is 0.286. The van der Waals surface area contributed by atoms with Crippen molar-refractivity contribution < 1.29 is 4.79 Å². The molecular formula is C28H30N4OS2. The molecule has 1 N–H and O–H groups in total. The molecule has 1 saturated heterocycles. The number of thiazole rings is 1. The predicted octanol–water partition coefficient (Wildman–Crippen LogP) is 6.24. The molecule has 4 aromatic rings. The largest absolute Gasteiger partial charge is 0.298 e. The third-order valence-electron chi connectivity index (χ3n) is 6.54. The number of thiophene rings is 1. The van der Waals surface area contributed by atoms with Crippen molar-refractivity contribution in [3.63, 3.8) is 0 Å². The van der Waals surface area contributed by atoms with Gasteiger partial charge in [-0.3, -0.25) is 19.9 Å². The maximum Gasteiger partial charge on any atom is 0.257 e. The van der Waals surface area contributed by atoms with Crippen molar-refractivity contribution in [3.8, 4) is 9.75 Å². The Morgan fingerprint density at radius 3 is 2.20 bits per heavy atom. The van der Waals surface area contributed by atoms with Gasteiger partial charge in [-0.2, -0.15) is 0 Å². The average molecular weight is 503 g/mol. The molecule has 3 heterocycles. The molecule has 2 aromatic carbocycles. The predicted molar refractivity (Wildman–Crippen MR) is 146 cm³/mol. The molecule has 35 heavy (non-hydrogen) atoms. The first-order valence-electron chi connectivity index (χ1n) is 12.0. The van der Waals surface area contributed by atoms with Crippen molar-refractivity contribution in [2.45, 2.75) is 25.9 Å². The standard InChI is InChI=1S/C28H30N4OS2/c1-20(2)31-14-16-32(17-15-31)26(21-7-4-3-5-8-21)22-10-12-23(13-11-22)27(33)30-28-29-19-25(35-28)24-9-6-18-34-24/h3-13,18-20,26H,14-17H2,1-2H3,(H,29,30,33). The van der Waals surface area contributed by atoms with E-state index in [2.05, 4.69) is 82.5 Å². The Balaban J connectivity index is 1.32. The number of hydrogen-bond acceptors (Lipinski definition) is 6. The van der Waals surface area contributed by atoms with E-state index in [4.69, 9.17) is 0 Å². The Hall–Kier alpha value is -2.84. The van der Waals surface area contributed by atoms with E-state index in [0.29, 0.717) is 16.7 Å². The van der Waals surface area contributed by atoms with Crippen LogP contribution in [0.1, 0.15) is 41.4 Å². The van der Waals surface area contributed by atoms with E-state index < -0.39 is 0 Å². The molecule has 2 aromatic heterocycles. The number of nitrogens with one attached hydrogen (secondary N) is 1. The van der Waals surface area contributed by atoms with Crippen LogP contribution in [0.3, 0.4) is 0 Å². The number of hydrogen-bond donors (Lipinski definition) is 1. The fourth-order valence-corrected chi connectivity index (χ4v) is 6.24. The Bertz CT molecular complexity index is 1230. The molecule has 0 radical (unpaired) electrons. The van der Waals surface area contributed by atoms with Crippen LogP contribution in [-0.4, -0.2) is 52.9 Å². The minimum absolute atomic E-state index is 0.134. The van der Waals surface area contributed by atoms with Gasteiger partial charge in [0.2, 0.25) is 0 Å². The summed E-state index contributed by atoms with van der Waals surface area (Å²) in [7, 11) is 0. The number of carbonyl (C=O) groups excluding carboxylic acids is 1. The van der Waals surface area contributed by atoms with Gasteiger partial charge in [-0.15, -0.1) is 11.3 Å². The van der Waals surface area contributed by atoms with Crippen molar-refractivity contribution in [3.05, 3.63) is 95.0 Å². The summed E-state index contributed by atoms with van der Waals surface area (Å²) in [5.74, 6) is -0.134. The molecule has 1 aliphatic rings. The lowest BCUT2D eigenvalue weighted by molar-refractivity contribution is 0.0892. The summed E-state index contributed by atoms with van der Waals surface area (Å²) in [5, 5.41) is 5.62. The second-order valence-electron chi connectivity index (χ2n) is 9.06. The van der Waals surface area contributed by atoms with Gasteiger partial charge in [-0.05, 0) is 48.6 Å². The lowest BCUT2D eigenvalue weighted by Gasteiger charge is -2.41. The van der Waals surface area contributed by atoms with Gasteiger partial charge >= 0.3 is 0 Å². The van der Waals surface area contributed by atoms with Crippen LogP contribution >= 0.6 is 22.7 Å². The molecule has 5 rings (SSSR count). The summed E-state index contributed by atoms with van der Waals surface area (Å²) < 4.78 is 0. The van der Waals surface area contributed by atoms with E-state index in [1.807, 2.05) is 29.8 Å². The quantitative estimate of drug-likeness (QED) is 0.325. The summed E-state index contributed by atoms with van der Waals surface area (Å²) in [5.41, 5.74) is 3.13. The molecule has 1 aliphatic heterocycles. The average Bonchev–Trinajstić information content (AvgIpc) is 3.58. The normalized spacial score (nSPS) is 15.9. The van der Waals surface area contributed by atoms with Crippen molar-refractivity contribution in [1.82, 2.24) is 14.8 Å². The molecule has 1 atom stereocenters. The molecular weight excluding hydrogens is 472 g/mol. The topological polar surface area (TPSA) is 48.5 Å². The SMILES string of the molecule is CC(C)N1CCN(C(c2ccccc2)c2ccc(C(=O)Nc3ncc(-c4cccs4)s3)cc2)CC1. The van der Waals surface area contributed by atoms with Crippen molar-refractivity contribution in [1.29, 1.82) is 0 Å². The van der Waals surface area contributed by atoms with Crippen molar-refractivity contribution in [2.24, 2.45) is 0 Å². The highest BCUT2D eigenvalue weighted by Gasteiger charge is 2.27. The molecule has 1 fully saturated rings. The minimum atomic E-state index is -0.134. The molecule has 0 saturated carbocycles. The summed E-state index contributed by atoms with van der Waals surface area (Å²) in [4.78, 5) is 24.6.